The van der Waals surface area contributed by atoms with Gasteiger partial charge in [-0.25, -0.2) is 0 Å². The first kappa shape index (κ1) is 14.8. The molecule has 1 aliphatic heterocycles. The summed E-state index contributed by atoms with van der Waals surface area (Å²) in [6, 6.07) is 10.0. The minimum atomic E-state index is -0.0294. The van der Waals surface area contributed by atoms with Gasteiger partial charge in [0.25, 0.3) is 0 Å². The standard InChI is InChI=1S/C17H24N2O/c1-2-16(15-6-4-3-5-7-15)17(20)19-13-10-14-8-11-18-12-9-14/h3-8,16,18H,2,9-13H2,1H3,(H,19,20). The SMILES string of the molecule is CCC(C(=O)NCCC1=CCNCC1)c1ccccc1. The maximum atomic E-state index is 12.3. The Bertz CT molecular complexity index is 453. The summed E-state index contributed by atoms with van der Waals surface area (Å²) in [6.07, 6.45) is 5.15. The first-order valence-corrected chi connectivity index (χ1v) is 7.52. The molecule has 1 unspecified atom stereocenters. The van der Waals surface area contributed by atoms with E-state index in [0.717, 1.165) is 44.5 Å². The van der Waals surface area contributed by atoms with E-state index in [2.05, 4.69) is 23.6 Å². The van der Waals surface area contributed by atoms with Crippen molar-refractivity contribution in [3.8, 4) is 0 Å². The van der Waals surface area contributed by atoms with Gasteiger partial charge in [0.05, 0.1) is 5.92 Å². The fraction of sp³-hybridized carbons (Fsp3) is 0.471. The van der Waals surface area contributed by atoms with E-state index >= 15 is 0 Å². The zero-order valence-electron chi connectivity index (χ0n) is 12.2. The minimum Gasteiger partial charge on any atom is -0.355 e. The van der Waals surface area contributed by atoms with Gasteiger partial charge in [-0.3, -0.25) is 4.79 Å². The highest BCUT2D eigenvalue weighted by atomic mass is 16.1. The Kier molecular flexibility index (Phi) is 5.81. The van der Waals surface area contributed by atoms with Crippen LogP contribution in [0.15, 0.2) is 42.0 Å². The van der Waals surface area contributed by atoms with Crippen LogP contribution in [0.5, 0.6) is 0 Å². The lowest BCUT2D eigenvalue weighted by Gasteiger charge is -2.17. The second kappa shape index (κ2) is 7.85. The van der Waals surface area contributed by atoms with Crippen LogP contribution < -0.4 is 10.6 Å². The molecule has 3 heteroatoms. The lowest BCUT2D eigenvalue weighted by atomic mass is 9.95. The molecule has 0 aliphatic carbocycles. The molecule has 20 heavy (non-hydrogen) atoms. The molecule has 1 amide bonds. The Hall–Kier alpha value is -1.61. The third kappa shape index (κ3) is 4.20. The van der Waals surface area contributed by atoms with Crippen molar-refractivity contribution in [2.75, 3.05) is 19.6 Å². The van der Waals surface area contributed by atoms with E-state index in [-0.39, 0.29) is 11.8 Å². The molecule has 0 bridgehead atoms. The van der Waals surface area contributed by atoms with Gasteiger partial charge in [0.2, 0.25) is 5.91 Å². The van der Waals surface area contributed by atoms with Gasteiger partial charge in [-0.05, 0) is 31.4 Å². The molecule has 0 aromatic heterocycles. The smallest absolute Gasteiger partial charge is 0.227 e. The largest absolute Gasteiger partial charge is 0.355 e. The van der Waals surface area contributed by atoms with Gasteiger partial charge >= 0.3 is 0 Å². The van der Waals surface area contributed by atoms with Crippen molar-refractivity contribution >= 4 is 5.91 Å². The topological polar surface area (TPSA) is 41.1 Å². The first-order valence-electron chi connectivity index (χ1n) is 7.52. The van der Waals surface area contributed by atoms with Crippen LogP contribution in [0.25, 0.3) is 0 Å². The predicted molar refractivity (Wildman–Crippen MR) is 82.7 cm³/mol. The molecule has 1 atom stereocenters. The van der Waals surface area contributed by atoms with E-state index in [1.165, 1.54) is 5.57 Å². The summed E-state index contributed by atoms with van der Waals surface area (Å²) < 4.78 is 0. The van der Waals surface area contributed by atoms with Crippen molar-refractivity contribution in [3.63, 3.8) is 0 Å². The summed E-state index contributed by atoms with van der Waals surface area (Å²) in [5.74, 6) is 0.117. The maximum absolute atomic E-state index is 12.3. The summed E-state index contributed by atoms with van der Waals surface area (Å²) in [5.41, 5.74) is 2.56. The fourth-order valence-electron chi connectivity index (χ4n) is 2.62. The molecular formula is C17H24N2O. The van der Waals surface area contributed by atoms with Gasteiger partial charge in [-0.1, -0.05) is 48.9 Å². The molecule has 1 heterocycles. The highest BCUT2D eigenvalue weighted by molar-refractivity contribution is 5.83. The van der Waals surface area contributed by atoms with Crippen LogP contribution in [-0.2, 0) is 4.79 Å². The van der Waals surface area contributed by atoms with Gasteiger partial charge in [-0.2, -0.15) is 0 Å². The quantitative estimate of drug-likeness (QED) is 0.782. The van der Waals surface area contributed by atoms with E-state index in [1.54, 1.807) is 0 Å². The molecule has 0 radical (unpaired) electrons. The normalized spacial score (nSPS) is 16.4. The predicted octanol–water partition coefficient (Wildman–Crippen LogP) is 2.61. The highest BCUT2D eigenvalue weighted by Crippen LogP contribution is 2.19. The molecule has 0 fully saturated rings. The van der Waals surface area contributed by atoms with Crippen molar-refractivity contribution in [1.29, 1.82) is 0 Å². The van der Waals surface area contributed by atoms with Crippen molar-refractivity contribution in [3.05, 3.63) is 47.5 Å². The third-order valence-corrected chi connectivity index (χ3v) is 3.83. The summed E-state index contributed by atoms with van der Waals surface area (Å²) in [6.45, 7) is 4.83. The van der Waals surface area contributed by atoms with E-state index in [4.69, 9.17) is 0 Å². The molecule has 1 aliphatic rings. The fourth-order valence-corrected chi connectivity index (χ4v) is 2.62. The lowest BCUT2D eigenvalue weighted by molar-refractivity contribution is -0.122. The van der Waals surface area contributed by atoms with Crippen LogP contribution in [-0.4, -0.2) is 25.5 Å². The van der Waals surface area contributed by atoms with Crippen molar-refractivity contribution in [2.45, 2.75) is 32.1 Å². The molecule has 1 aromatic rings. The van der Waals surface area contributed by atoms with Crippen molar-refractivity contribution in [2.24, 2.45) is 0 Å². The number of hydrogen-bond donors (Lipinski definition) is 2. The molecule has 0 spiro atoms. The van der Waals surface area contributed by atoms with E-state index in [1.807, 2.05) is 30.3 Å². The Morgan fingerprint density at radius 3 is 2.80 bits per heavy atom. The first-order chi connectivity index (χ1) is 9.81. The summed E-state index contributed by atoms with van der Waals surface area (Å²) in [4.78, 5) is 12.3. The van der Waals surface area contributed by atoms with E-state index < -0.39 is 0 Å². The molecule has 0 saturated heterocycles. The number of benzene rings is 1. The zero-order chi connectivity index (χ0) is 14.2. The molecule has 2 rings (SSSR count). The second-order valence-corrected chi connectivity index (χ2v) is 5.23. The van der Waals surface area contributed by atoms with Crippen LogP contribution in [0.1, 0.15) is 37.7 Å². The van der Waals surface area contributed by atoms with Gasteiger partial charge in [0, 0.05) is 13.1 Å². The molecular weight excluding hydrogens is 248 g/mol. The van der Waals surface area contributed by atoms with E-state index in [9.17, 15) is 4.79 Å². The molecule has 0 saturated carbocycles. The number of hydrogen-bond acceptors (Lipinski definition) is 2. The Balaban J connectivity index is 1.82. The molecule has 1 aromatic carbocycles. The summed E-state index contributed by atoms with van der Waals surface area (Å²) in [7, 11) is 0. The van der Waals surface area contributed by atoms with Crippen LogP contribution in [0, 0.1) is 0 Å². The summed E-state index contributed by atoms with van der Waals surface area (Å²) >= 11 is 0. The molecule has 108 valence electrons. The Morgan fingerprint density at radius 2 is 2.15 bits per heavy atom. The van der Waals surface area contributed by atoms with Gasteiger partial charge < -0.3 is 10.6 Å². The van der Waals surface area contributed by atoms with Gasteiger partial charge in [0.15, 0.2) is 0 Å². The Labute approximate surface area is 121 Å². The molecule has 2 N–H and O–H groups in total. The lowest BCUT2D eigenvalue weighted by Crippen LogP contribution is -2.30. The Morgan fingerprint density at radius 1 is 1.35 bits per heavy atom. The van der Waals surface area contributed by atoms with Gasteiger partial charge in [0.1, 0.15) is 0 Å². The maximum Gasteiger partial charge on any atom is 0.227 e. The van der Waals surface area contributed by atoms with Crippen molar-refractivity contribution < 1.29 is 4.79 Å². The minimum absolute atomic E-state index is 0.0294. The van der Waals surface area contributed by atoms with Crippen molar-refractivity contribution in [1.82, 2.24) is 10.6 Å². The monoisotopic (exact) mass is 272 g/mol. The number of nitrogens with one attached hydrogen (secondary N) is 2. The number of rotatable bonds is 6. The van der Waals surface area contributed by atoms with Crippen LogP contribution in [0.2, 0.25) is 0 Å². The number of carbonyl (C=O) groups is 1. The number of amides is 1. The zero-order valence-corrected chi connectivity index (χ0v) is 12.2. The highest BCUT2D eigenvalue weighted by Gasteiger charge is 2.17. The van der Waals surface area contributed by atoms with Crippen LogP contribution in [0.4, 0.5) is 0 Å². The van der Waals surface area contributed by atoms with E-state index in [0.29, 0.717) is 0 Å². The average molecular weight is 272 g/mol. The van der Waals surface area contributed by atoms with Crippen LogP contribution >= 0.6 is 0 Å². The third-order valence-electron chi connectivity index (χ3n) is 3.83. The van der Waals surface area contributed by atoms with Crippen LogP contribution in [0.3, 0.4) is 0 Å². The molecule has 3 nitrogen and oxygen atoms in total. The second-order valence-electron chi connectivity index (χ2n) is 5.23. The number of carbonyl (C=O) groups excluding carboxylic acids is 1. The average Bonchev–Trinajstić information content (AvgIpc) is 2.50. The summed E-state index contributed by atoms with van der Waals surface area (Å²) in [5, 5.41) is 6.38. The van der Waals surface area contributed by atoms with Gasteiger partial charge in [-0.15, -0.1) is 0 Å².